The summed E-state index contributed by atoms with van der Waals surface area (Å²) in [4.78, 5) is 0. The predicted octanol–water partition coefficient (Wildman–Crippen LogP) is 3.44. The van der Waals surface area contributed by atoms with Gasteiger partial charge < -0.3 is 5.73 Å². The summed E-state index contributed by atoms with van der Waals surface area (Å²) >= 11 is 6.82. The van der Waals surface area contributed by atoms with E-state index in [-0.39, 0.29) is 0 Å². The molecule has 0 saturated heterocycles. The molecule has 2 N–H and O–H groups in total. The van der Waals surface area contributed by atoms with E-state index in [2.05, 4.69) is 47.4 Å². The van der Waals surface area contributed by atoms with E-state index in [0.29, 0.717) is 11.5 Å². The number of anilines is 1. The molecule has 0 amide bonds. The second kappa shape index (κ2) is 5.34. The van der Waals surface area contributed by atoms with Crippen molar-refractivity contribution in [1.29, 1.82) is 0 Å². The van der Waals surface area contributed by atoms with Gasteiger partial charge in [0, 0.05) is 20.2 Å². The second-order valence-electron chi connectivity index (χ2n) is 4.13. The molecule has 7 heteroatoms. The van der Waals surface area contributed by atoms with E-state index in [1.54, 1.807) is 4.68 Å². The molecule has 20 heavy (non-hydrogen) atoms. The SMILES string of the molecule is Nc1cc(-c2nnnn2-c2cccc(Br)c2)ccc1Br. The van der Waals surface area contributed by atoms with Crippen LogP contribution in [0.25, 0.3) is 17.1 Å². The third-order valence-corrected chi connectivity index (χ3v) is 3.99. The number of hydrogen-bond acceptors (Lipinski definition) is 4. The number of rotatable bonds is 2. The number of nitrogens with zero attached hydrogens (tertiary/aromatic N) is 4. The molecule has 0 saturated carbocycles. The van der Waals surface area contributed by atoms with Crippen molar-refractivity contribution < 1.29 is 0 Å². The molecule has 0 aliphatic heterocycles. The minimum atomic E-state index is 0.641. The van der Waals surface area contributed by atoms with Gasteiger partial charge in [-0.1, -0.05) is 22.0 Å². The van der Waals surface area contributed by atoms with Gasteiger partial charge in [0.2, 0.25) is 0 Å². The number of aromatic nitrogens is 4. The highest BCUT2D eigenvalue weighted by atomic mass is 79.9. The van der Waals surface area contributed by atoms with Crippen LogP contribution >= 0.6 is 31.9 Å². The van der Waals surface area contributed by atoms with E-state index in [0.717, 1.165) is 20.2 Å². The zero-order valence-electron chi connectivity index (χ0n) is 10.2. The Kier molecular flexibility index (Phi) is 3.54. The molecule has 0 aliphatic carbocycles. The minimum Gasteiger partial charge on any atom is -0.398 e. The third-order valence-electron chi connectivity index (χ3n) is 2.78. The Balaban J connectivity index is 2.12. The van der Waals surface area contributed by atoms with Crippen LogP contribution in [0.5, 0.6) is 0 Å². The van der Waals surface area contributed by atoms with Gasteiger partial charge in [0.05, 0.1) is 5.69 Å². The summed E-state index contributed by atoms with van der Waals surface area (Å²) in [5.74, 6) is 0.641. The first-order chi connectivity index (χ1) is 9.65. The molecule has 2 aromatic carbocycles. The van der Waals surface area contributed by atoms with Crippen molar-refractivity contribution >= 4 is 37.5 Å². The van der Waals surface area contributed by atoms with Crippen molar-refractivity contribution in [1.82, 2.24) is 20.2 Å². The standard InChI is InChI=1S/C13H9Br2N5/c14-9-2-1-3-10(7-9)20-13(17-18-19-20)8-4-5-11(15)12(16)6-8/h1-7H,16H2. The van der Waals surface area contributed by atoms with Gasteiger partial charge in [0.15, 0.2) is 5.82 Å². The molecule has 0 spiro atoms. The monoisotopic (exact) mass is 393 g/mol. The fraction of sp³-hybridized carbons (Fsp3) is 0. The molecule has 5 nitrogen and oxygen atoms in total. The molecule has 0 radical (unpaired) electrons. The smallest absolute Gasteiger partial charge is 0.187 e. The fourth-order valence-electron chi connectivity index (χ4n) is 1.83. The minimum absolute atomic E-state index is 0.641. The highest BCUT2D eigenvalue weighted by Gasteiger charge is 2.12. The normalized spacial score (nSPS) is 10.7. The fourth-order valence-corrected chi connectivity index (χ4v) is 2.47. The summed E-state index contributed by atoms with van der Waals surface area (Å²) in [6.07, 6.45) is 0. The summed E-state index contributed by atoms with van der Waals surface area (Å²) in [6.45, 7) is 0. The number of benzene rings is 2. The maximum absolute atomic E-state index is 5.91. The molecule has 0 fully saturated rings. The van der Waals surface area contributed by atoms with Crippen molar-refractivity contribution in [2.45, 2.75) is 0 Å². The Morgan fingerprint density at radius 2 is 1.90 bits per heavy atom. The van der Waals surface area contributed by atoms with Gasteiger partial charge in [-0.3, -0.25) is 0 Å². The quantitative estimate of drug-likeness (QED) is 0.676. The molecule has 0 aliphatic rings. The number of tetrazole rings is 1. The summed E-state index contributed by atoms with van der Waals surface area (Å²) in [5.41, 5.74) is 8.28. The van der Waals surface area contributed by atoms with Gasteiger partial charge in [0.25, 0.3) is 0 Å². The van der Waals surface area contributed by atoms with Crippen LogP contribution < -0.4 is 5.73 Å². The molecule has 1 aromatic heterocycles. The summed E-state index contributed by atoms with van der Waals surface area (Å²) < 4.78 is 3.49. The molecule has 0 unspecified atom stereocenters. The number of halogens is 2. The molecule has 3 aromatic rings. The molecular weight excluding hydrogens is 386 g/mol. The average Bonchev–Trinajstić information content (AvgIpc) is 2.91. The molecular formula is C13H9Br2N5. The first kappa shape index (κ1) is 13.3. The van der Waals surface area contributed by atoms with Gasteiger partial charge in [-0.25, -0.2) is 0 Å². The predicted molar refractivity (Wildman–Crippen MR) is 84.4 cm³/mol. The summed E-state index contributed by atoms with van der Waals surface area (Å²) in [5, 5.41) is 11.9. The Hall–Kier alpha value is -1.73. The largest absolute Gasteiger partial charge is 0.398 e. The van der Waals surface area contributed by atoms with Crippen LogP contribution in [0.15, 0.2) is 51.4 Å². The van der Waals surface area contributed by atoms with Gasteiger partial charge in [-0.05, 0) is 62.8 Å². The van der Waals surface area contributed by atoms with E-state index in [9.17, 15) is 0 Å². The summed E-state index contributed by atoms with van der Waals surface area (Å²) in [7, 11) is 0. The third kappa shape index (κ3) is 2.46. The lowest BCUT2D eigenvalue weighted by Gasteiger charge is -2.06. The average molecular weight is 395 g/mol. The van der Waals surface area contributed by atoms with Crippen molar-refractivity contribution in [3.05, 3.63) is 51.4 Å². The van der Waals surface area contributed by atoms with Crippen LogP contribution in [0, 0.1) is 0 Å². The number of nitrogens with two attached hydrogens (primary N) is 1. The Morgan fingerprint density at radius 3 is 2.65 bits per heavy atom. The van der Waals surface area contributed by atoms with Crippen LogP contribution in [0.2, 0.25) is 0 Å². The molecule has 1 heterocycles. The first-order valence-electron chi connectivity index (χ1n) is 5.75. The van der Waals surface area contributed by atoms with Crippen molar-refractivity contribution in [3.63, 3.8) is 0 Å². The van der Waals surface area contributed by atoms with E-state index in [4.69, 9.17) is 5.73 Å². The maximum Gasteiger partial charge on any atom is 0.187 e. The van der Waals surface area contributed by atoms with Crippen LogP contribution in [-0.4, -0.2) is 20.2 Å². The maximum atomic E-state index is 5.91. The lowest BCUT2D eigenvalue weighted by atomic mass is 10.2. The zero-order valence-corrected chi connectivity index (χ0v) is 13.3. The Labute approximate surface area is 132 Å². The van der Waals surface area contributed by atoms with Crippen LogP contribution in [0.3, 0.4) is 0 Å². The first-order valence-corrected chi connectivity index (χ1v) is 7.33. The topological polar surface area (TPSA) is 69.6 Å². The van der Waals surface area contributed by atoms with E-state index >= 15 is 0 Å². The molecule has 0 bridgehead atoms. The highest BCUT2D eigenvalue weighted by molar-refractivity contribution is 9.10. The van der Waals surface area contributed by atoms with Crippen LogP contribution in [-0.2, 0) is 0 Å². The van der Waals surface area contributed by atoms with E-state index < -0.39 is 0 Å². The second-order valence-corrected chi connectivity index (χ2v) is 5.90. The molecule has 0 atom stereocenters. The highest BCUT2D eigenvalue weighted by Crippen LogP contribution is 2.27. The van der Waals surface area contributed by atoms with Gasteiger partial charge in [0.1, 0.15) is 0 Å². The van der Waals surface area contributed by atoms with Crippen molar-refractivity contribution in [2.75, 3.05) is 5.73 Å². The van der Waals surface area contributed by atoms with Crippen molar-refractivity contribution in [2.24, 2.45) is 0 Å². The van der Waals surface area contributed by atoms with Crippen LogP contribution in [0.1, 0.15) is 0 Å². The Morgan fingerprint density at radius 1 is 1.05 bits per heavy atom. The van der Waals surface area contributed by atoms with E-state index in [1.165, 1.54) is 0 Å². The number of nitrogen functional groups attached to an aromatic ring is 1. The van der Waals surface area contributed by atoms with E-state index in [1.807, 2.05) is 42.5 Å². The van der Waals surface area contributed by atoms with Gasteiger partial charge in [-0.15, -0.1) is 5.10 Å². The molecule has 100 valence electrons. The van der Waals surface area contributed by atoms with Crippen LogP contribution in [0.4, 0.5) is 5.69 Å². The van der Waals surface area contributed by atoms with Gasteiger partial charge >= 0.3 is 0 Å². The lowest BCUT2D eigenvalue weighted by molar-refractivity contribution is 0.791. The Bertz CT molecular complexity index is 769. The van der Waals surface area contributed by atoms with Gasteiger partial charge in [-0.2, -0.15) is 4.68 Å². The number of hydrogen-bond donors (Lipinski definition) is 1. The lowest BCUT2D eigenvalue weighted by Crippen LogP contribution is -2.00. The molecule has 3 rings (SSSR count). The van der Waals surface area contributed by atoms with Crippen molar-refractivity contribution in [3.8, 4) is 17.1 Å². The zero-order chi connectivity index (χ0) is 14.1. The summed E-state index contributed by atoms with van der Waals surface area (Å²) in [6, 6.07) is 13.4.